The average Bonchev–Trinajstić information content (AvgIpc) is 3.06. The SMILES string of the molecule is Cc1ccc(/C=c2/sc3n(c2=O)C(N)=C(C#N)C(c2ccc(O)cc2)C=3C(N)=O)cc1. The quantitative estimate of drug-likeness (QED) is 0.566. The lowest BCUT2D eigenvalue weighted by molar-refractivity contribution is -0.113. The number of aryl methyl sites for hydroxylation is 1. The number of nitrogens with zero attached hydrogens (tertiary/aromatic N) is 2. The maximum Gasteiger partial charge on any atom is 0.274 e. The summed E-state index contributed by atoms with van der Waals surface area (Å²) in [5, 5.41) is 19.4. The molecule has 0 radical (unpaired) electrons. The van der Waals surface area contributed by atoms with Crippen molar-refractivity contribution in [3.8, 4) is 11.8 Å². The number of nitriles is 1. The van der Waals surface area contributed by atoms with Crippen LogP contribution >= 0.6 is 11.3 Å². The standard InChI is InChI=1S/C23H18N4O3S/c1-12-2-4-13(5-3-12)10-17-22(30)27-20(25)16(11-24)18(14-6-8-15(28)9-7-14)19(21(26)29)23(27)31-17/h2-10,18,28H,25H2,1H3,(H2,26,29)/b17-10+. The Bertz CT molecular complexity index is 1450. The number of allylic oxidation sites excluding steroid dienone is 1. The Balaban J connectivity index is 2.07. The van der Waals surface area contributed by atoms with E-state index in [0.717, 1.165) is 22.5 Å². The second-order valence-electron chi connectivity index (χ2n) is 7.18. The van der Waals surface area contributed by atoms with Crippen LogP contribution in [0.5, 0.6) is 5.75 Å². The minimum Gasteiger partial charge on any atom is -0.508 e. The van der Waals surface area contributed by atoms with Crippen molar-refractivity contribution < 1.29 is 9.90 Å². The van der Waals surface area contributed by atoms with Crippen LogP contribution in [0, 0.1) is 18.3 Å². The summed E-state index contributed by atoms with van der Waals surface area (Å²) in [5.74, 6) is -1.59. The van der Waals surface area contributed by atoms with Gasteiger partial charge in [-0.15, -0.1) is 11.3 Å². The van der Waals surface area contributed by atoms with Crippen LogP contribution < -0.4 is 26.2 Å². The summed E-state index contributed by atoms with van der Waals surface area (Å²) >= 11 is 1.10. The van der Waals surface area contributed by atoms with E-state index in [1.807, 2.05) is 37.3 Å². The molecule has 8 heteroatoms. The lowest BCUT2D eigenvalue weighted by atomic mass is 9.83. The first kappa shape index (κ1) is 20.2. The fourth-order valence-electron chi connectivity index (χ4n) is 3.60. The maximum absolute atomic E-state index is 13.1. The number of phenolic OH excluding ortho intramolecular Hbond substituents is 1. The van der Waals surface area contributed by atoms with E-state index in [9.17, 15) is 20.0 Å². The van der Waals surface area contributed by atoms with E-state index in [4.69, 9.17) is 11.5 Å². The Morgan fingerprint density at radius 3 is 2.42 bits per heavy atom. The van der Waals surface area contributed by atoms with Gasteiger partial charge in [0.1, 0.15) is 16.2 Å². The minimum atomic E-state index is -0.839. The number of carbonyl (C=O) groups is 1. The molecule has 3 aromatic rings. The maximum atomic E-state index is 13.1. The van der Waals surface area contributed by atoms with Crippen LogP contribution in [0.3, 0.4) is 0 Å². The molecule has 0 aliphatic carbocycles. The number of nitrogens with two attached hydrogens (primary N) is 2. The molecule has 1 amide bonds. The van der Waals surface area contributed by atoms with Gasteiger partial charge >= 0.3 is 0 Å². The van der Waals surface area contributed by atoms with Crippen LogP contribution in [-0.4, -0.2) is 15.6 Å². The number of fused-ring (bicyclic) bond motifs is 1. The third-order valence-corrected chi connectivity index (χ3v) is 6.24. The van der Waals surface area contributed by atoms with Gasteiger partial charge in [0.05, 0.1) is 27.7 Å². The molecule has 1 unspecified atom stereocenters. The van der Waals surface area contributed by atoms with Gasteiger partial charge in [0.15, 0.2) is 0 Å². The zero-order valence-electron chi connectivity index (χ0n) is 16.5. The highest BCUT2D eigenvalue weighted by Crippen LogP contribution is 2.36. The molecule has 5 N–H and O–H groups in total. The number of primary amides is 1. The first-order valence-electron chi connectivity index (χ1n) is 9.35. The van der Waals surface area contributed by atoms with Gasteiger partial charge in [-0.25, -0.2) is 0 Å². The normalized spacial score (nSPS) is 16.2. The Kier molecular flexibility index (Phi) is 4.97. The first-order chi connectivity index (χ1) is 14.8. The number of thiazole rings is 1. The first-order valence-corrected chi connectivity index (χ1v) is 10.2. The van der Waals surface area contributed by atoms with Gasteiger partial charge in [0, 0.05) is 0 Å². The predicted molar refractivity (Wildman–Crippen MR) is 119 cm³/mol. The van der Waals surface area contributed by atoms with Crippen molar-refractivity contribution in [3.05, 3.63) is 90.3 Å². The number of rotatable bonds is 3. The average molecular weight is 430 g/mol. The number of amides is 1. The number of aromatic hydroxyl groups is 1. The van der Waals surface area contributed by atoms with Crippen molar-refractivity contribution in [2.75, 3.05) is 0 Å². The number of carbonyl (C=O) groups excluding carboxylic acids is 1. The molecule has 31 heavy (non-hydrogen) atoms. The molecule has 0 spiro atoms. The molecule has 1 aliphatic rings. The van der Waals surface area contributed by atoms with Crippen LogP contribution in [0.25, 0.3) is 17.5 Å². The predicted octanol–water partition coefficient (Wildman–Crippen LogP) is 0.837. The van der Waals surface area contributed by atoms with Gasteiger partial charge < -0.3 is 16.6 Å². The van der Waals surface area contributed by atoms with E-state index in [1.54, 1.807) is 18.2 Å². The summed E-state index contributed by atoms with van der Waals surface area (Å²) in [4.78, 5) is 25.6. The molecule has 2 aromatic carbocycles. The summed E-state index contributed by atoms with van der Waals surface area (Å²) in [5.41, 5.74) is 14.2. The summed E-state index contributed by atoms with van der Waals surface area (Å²) in [6.07, 6.45) is 1.71. The van der Waals surface area contributed by atoms with Gasteiger partial charge in [-0.05, 0) is 36.3 Å². The second-order valence-corrected chi connectivity index (χ2v) is 8.21. The Hall–Kier alpha value is -4.09. The number of hydrogen-bond acceptors (Lipinski definition) is 6. The molecule has 154 valence electrons. The van der Waals surface area contributed by atoms with Gasteiger partial charge in [-0.1, -0.05) is 42.0 Å². The largest absolute Gasteiger partial charge is 0.508 e. The highest BCUT2D eigenvalue weighted by atomic mass is 32.1. The van der Waals surface area contributed by atoms with Crippen LogP contribution in [0.2, 0.25) is 0 Å². The monoisotopic (exact) mass is 430 g/mol. The molecular formula is C23H18N4O3S. The minimum absolute atomic E-state index is 0.0367. The Labute approximate surface area is 181 Å². The molecule has 7 nitrogen and oxygen atoms in total. The zero-order chi connectivity index (χ0) is 22.3. The highest BCUT2D eigenvalue weighted by Gasteiger charge is 2.34. The Morgan fingerprint density at radius 2 is 1.84 bits per heavy atom. The van der Waals surface area contributed by atoms with Crippen LogP contribution in [-0.2, 0) is 4.79 Å². The fourth-order valence-corrected chi connectivity index (χ4v) is 4.78. The van der Waals surface area contributed by atoms with Gasteiger partial charge in [-0.2, -0.15) is 5.26 Å². The number of benzene rings is 2. The molecule has 1 aliphatic heterocycles. The molecule has 2 heterocycles. The Morgan fingerprint density at radius 1 is 1.19 bits per heavy atom. The van der Waals surface area contributed by atoms with E-state index in [2.05, 4.69) is 0 Å². The van der Waals surface area contributed by atoms with Gasteiger partial charge in [0.25, 0.3) is 5.56 Å². The van der Waals surface area contributed by atoms with Gasteiger partial charge in [0.2, 0.25) is 5.91 Å². The summed E-state index contributed by atoms with van der Waals surface area (Å²) < 4.78 is 1.84. The molecule has 0 saturated heterocycles. The van der Waals surface area contributed by atoms with E-state index in [1.165, 1.54) is 16.7 Å². The van der Waals surface area contributed by atoms with Gasteiger partial charge in [-0.3, -0.25) is 14.2 Å². The molecule has 4 rings (SSSR count). The van der Waals surface area contributed by atoms with Crippen molar-refractivity contribution in [1.82, 2.24) is 4.57 Å². The highest BCUT2D eigenvalue weighted by molar-refractivity contribution is 7.07. The summed E-state index contributed by atoms with van der Waals surface area (Å²) in [6.45, 7) is 1.97. The van der Waals surface area contributed by atoms with E-state index in [-0.39, 0.29) is 22.7 Å². The molecule has 0 saturated carbocycles. The van der Waals surface area contributed by atoms with E-state index >= 15 is 0 Å². The zero-order valence-corrected chi connectivity index (χ0v) is 17.3. The fraction of sp³-hybridized carbons (Fsp3) is 0.0870. The number of phenols is 1. The third kappa shape index (κ3) is 3.41. The smallest absolute Gasteiger partial charge is 0.274 e. The van der Waals surface area contributed by atoms with Crippen molar-refractivity contribution in [3.63, 3.8) is 0 Å². The van der Waals surface area contributed by atoms with Crippen molar-refractivity contribution in [1.29, 1.82) is 5.26 Å². The molecular weight excluding hydrogens is 412 g/mol. The lowest BCUT2D eigenvalue weighted by Gasteiger charge is -2.24. The lowest BCUT2D eigenvalue weighted by Crippen LogP contribution is -2.41. The second kappa shape index (κ2) is 7.63. The van der Waals surface area contributed by atoms with Crippen LogP contribution in [0.15, 0.2) is 58.9 Å². The van der Waals surface area contributed by atoms with Crippen molar-refractivity contribution in [2.45, 2.75) is 12.8 Å². The number of aromatic nitrogens is 1. The molecule has 0 fully saturated rings. The third-order valence-electron chi connectivity index (χ3n) is 5.14. The summed E-state index contributed by atoms with van der Waals surface area (Å²) in [7, 11) is 0. The van der Waals surface area contributed by atoms with Crippen LogP contribution in [0.4, 0.5) is 0 Å². The van der Waals surface area contributed by atoms with E-state index < -0.39 is 17.4 Å². The topological polar surface area (TPSA) is 135 Å². The molecule has 0 bridgehead atoms. The molecule has 1 atom stereocenters. The van der Waals surface area contributed by atoms with Crippen LogP contribution in [0.1, 0.15) is 22.6 Å². The van der Waals surface area contributed by atoms with E-state index in [0.29, 0.717) is 14.8 Å². The molecule has 1 aromatic heterocycles. The summed E-state index contributed by atoms with van der Waals surface area (Å²) in [6, 6.07) is 15.7. The number of hydrogen-bond donors (Lipinski definition) is 3. The van der Waals surface area contributed by atoms with Crippen molar-refractivity contribution >= 4 is 34.7 Å². The van der Waals surface area contributed by atoms with Crippen molar-refractivity contribution in [2.24, 2.45) is 11.5 Å².